The fourth-order valence-electron chi connectivity index (χ4n) is 2.70. The highest BCUT2D eigenvalue weighted by atomic mass is 15.1. The van der Waals surface area contributed by atoms with Crippen molar-refractivity contribution in [2.24, 2.45) is 5.92 Å². The lowest BCUT2D eigenvalue weighted by Gasteiger charge is -2.22. The molecule has 0 aliphatic heterocycles. The maximum Gasteiger partial charge on any atom is 0.00637 e. The monoisotopic (exact) mass is 217 g/mol. The van der Waals surface area contributed by atoms with Crippen molar-refractivity contribution in [2.75, 3.05) is 14.1 Å². The molecule has 0 amide bonds. The summed E-state index contributed by atoms with van der Waals surface area (Å²) < 4.78 is 0. The van der Waals surface area contributed by atoms with E-state index in [0.29, 0.717) is 6.04 Å². The second kappa shape index (κ2) is 4.58. The van der Waals surface area contributed by atoms with Crippen molar-refractivity contribution in [3.8, 4) is 0 Å². The van der Waals surface area contributed by atoms with Crippen LogP contribution in [0.4, 0.5) is 0 Å². The Bertz CT molecular complexity index is 368. The molecule has 1 aromatic carbocycles. The van der Waals surface area contributed by atoms with Crippen LogP contribution in [0.5, 0.6) is 0 Å². The van der Waals surface area contributed by atoms with Gasteiger partial charge in [-0.05, 0) is 64.3 Å². The summed E-state index contributed by atoms with van der Waals surface area (Å²) in [5.41, 5.74) is 4.58. The lowest BCUT2D eigenvalue weighted by atomic mass is 9.97. The van der Waals surface area contributed by atoms with Gasteiger partial charge in [-0.3, -0.25) is 0 Å². The third kappa shape index (κ3) is 2.46. The van der Waals surface area contributed by atoms with Gasteiger partial charge in [0, 0.05) is 6.04 Å². The molecule has 0 saturated heterocycles. The summed E-state index contributed by atoms with van der Waals surface area (Å²) >= 11 is 0. The second-order valence-corrected chi connectivity index (χ2v) is 5.59. The summed E-state index contributed by atoms with van der Waals surface area (Å²) in [6.07, 6.45) is 3.89. The van der Waals surface area contributed by atoms with Crippen LogP contribution in [0.1, 0.15) is 30.0 Å². The largest absolute Gasteiger partial charge is 0.307 e. The Labute approximate surface area is 99.5 Å². The molecule has 0 spiro atoms. The number of fused-ring (bicyclic) bond motifs is 1. The minimum atomic E-state index is 0.695. The maximum atomic E-state index is 2.37. The first-order chi connectivity index (χ1) is 7.56. The van der Waals surface area contributed by atoms with Crippen LogP contribution in [0.3, 0.4) is 0 Å². The molecule has 0 bridgehead atoms. The minimum Gasteiger partial charge on any atom is -0.307 e. The van der Waals surface area contributed by atoms with Gasteiger partial charge in [-0.25, -0.2) is 0 Å². The van der Waals surface area contributed by atoms with E-state index < -0.39 is 0 Å². The van der Waals surface area contributed by atoms with Gasteiger partial charge in [-0.1, -0.05) is 23.8 Å². The Morgan fingerprint density at radius 3 is 2.62 bits per heavy atom. The average molecular weight is 217 g/mol. The first-order valence-corrected chi connectivity index (χ1v) is 6.31. The molecule has 1 heteroatoms. The quantitative estimate of drug-likeness (QED) is 0.752. The normalized spacial score (nSPS) is 21.2. The molecule has 1 aliphatic carbocycles. The third-order valence-electron chi connectivity index (χ3n) is 3.93. The molecule has 16 heavy (non-hydrogen) atoms. The summed E-state index contributed by atoms with van der Waals surface area (Å²) in [4.78, 5) is 2.33. The summed E-state index contributed by atoms with van der Waals surface area (Å²) in [6.45, 7) is 4.52. The van der Waals surface area contributed by atoms with E-state index in [1.165, 1.54) is 24.8 Å². The van der Waals surface area contributed by atoms with E-state index in [1.54, 1.807) is 11.1 Å². The van der Waals surface area contributed by atoms with Crippen molar-refractivity contribution >= 4 is 0 Å². The summed E-state index contributed by atoms with van der Waals surface area (Å²) in [5.74, 6) is 0.856. The van der Waals surface area contributed by atoms with Gasteiger partial charge >= 0.3 is 0 Å². The van der Waals surface area contributed by atoms with E-state index in [9.17, 15) is 0 Å². The van der Waals surface area contributed by atoms with Crippen LogP contribution in [0.2, 0.25) is 0 Å². The predicted octanol–water partition coefficient (Wildman–Crippen LogP) is 3.05. The van der Waals surface area contributed by atoms with Crippen LogP contribution in [-0.2, 0) is 12.8 Å². The Morgan fingerprint density at radius 1 is 1.25 bits per heavy atom. The van der Waals surface area contributed by atoms with Crippen molar-refractivity contribution in [1.82, 2.24) is 4.90 Å². The Hall–Kier alpha value is -0.820. The highest BCUT2D eigenvalue weighted by Crippen LogP contribution is 2.30. The molecule has 0 saturated carbocycles. The average Bonchev–Trinajstić information content (AvgIpc) is 2.58. The third-order valence-corrected chi connectivity index (χ3v) is 3.93. The van der Waals surface area contributed by atoms with Crippen molar-refractivity contribution in [1.29, 1.82) is 0 Å². The van der Waals surface area contributed by atoms with Crippen LogP contribution in [-0.4, -0.2) is 25.0 Å². The summed E-state index contributed by atoms with van der Waals surface area (Å²) in [5, 5.41) is 0. The standard InChI is InChI=1S/C15H23N/c1-11-5-6-14-9-13(10-15(14)7-11)8-12(2)16(3)4/h5-7,12-13H,8-10H2,1-4H3. The van der Waals surface area contributed by atoms with Crippen molar-refractivity contribution < 1.29 is 0 Å². The van der Waals surface area contributed by atoms with Gasteiger partial charge in [0.15, 0.2) is 0 Å². The number of hydrogen-bond donors (Lipinski definition) is 0. The van der Waals surface area contributed by atoms with Gasteiger partial charge in [0.25, 0.3) is 0 Å². The number of nitrogens with zero attached hydrogens (tertiary/aromatic N) is 1. The van der Waals surface area contributed by atoms with E-state index in [1.807, 2.05) is 0 Å². The summed E-state index contributed by atoms with van der Waals surface area (Å²) in [6, 6.07) is 7.64. The molecule has 0 heterocycles. The highest BCUT2D eigenvalue weighted by molar-refractivity contribution is 5.35. The molecular weight excluding hydrogens is 194 g/mol. The topological polar surface area (TPSA) is 3.24 Å². The first kappa shape index (κ1) is 11.7. The zero-order valence-corrected chi connectivity index (χ0v) is 11.0. The fraction of sp³-hybridized carbons (Fsp3) is 0.600. The first-order valence-electron chi connectivity index (χ1n) is 6.31. The molecule has 2 atom stereocenters. The zero-order valence-electron chi connectivity index (χ0n) is 11.0. The van der Waals surface area contributed by atoms with Crippen LogP contribution >= 0.6 is 0 Å². The molecule has 0 N–H and O–H groups in total. The summed E-state index contributed by atoms with van der Waals surface area (Å²) in [7, 11) is 4.35. The van der Waals surface area contributed by atoms with Crippen molar-refractivity contribution in [3.63, 3.8) is 0 Å². The number of aryl methyl sites for hydroxylation is 1. The molecule has 0 radical (unpaired) electrons. The van der Waals surface area contributed by atoms with E-state index in [0.717, 1.165) is 5.92 Å². The van der Waals surface area contributed by atoms with E-state index in [2.05, 4.69) is 51.0 Å². The van der Waals surface area contributed by atoms with Crippen LogP contribution in [0.25, 0.3) is 0 Å². The number of hydrogen-bond acceptors (Lipinski definition) is 1. The van der Waals surface area contributed by atoms with Gasteiger partial charge in [-0.2, -0.15) is 0 Å². The molecule has 1 aliphatic rings. The van der Waals surface area contributed by atoms with Gasteiger partial charge < -0.3 is 4.90 Å². The minimum absolute atomic E-state index is 0.695. The SMILES string of the molecule is Cc1ccc2c(c1)CC(CC(C)N(C)C)C2. The van der Waals surface area contributed by atoms with Crippen LogP contribution in [0, 0.1) is 12.8 Å². The molecule has 1 nitrogen and oxygen atoms in total. The van der Waals surface area contributed by atoms with Crippen molar-refractivity contribution in [3.05, 3.63) is 34.9 Å². The molecule has 0 fully saturated rings. The fourth-order valence-corrected chi connectivity index (χ4v) is 2.70. The molecular formula is C15H23N. The predicted molar refractivity (Wildman–Crippen MR) is 69.8 cm³/mol. The van der Waals surface area contributed by atoms with Gasteiger partial charge in [-0.15, -0.1) is 0 Å². The Morgan fingerprint density at radius 2 is 1.94 bits per heavy atom. The molecule has 1 aromatic rings. The lowest BCUT2D eigenvalue weighted by Crippen LogP contribution is -2.27. The van der Waals surface area contributed by atoms with E-state index >= 15 is 0 Å². The Balaban J connectivity index is 2.00. The van der Waals surface area contributed by atoms with Gasteiger partial charge in [0.1, 0.15) is 0 Å². The molecule has 2 rings (SSSR count). The van der Waals surface area contributed by atoms with E-state index in [-0.39, 0.29) is 0 Å². The highest BCUT2D eigenvalue weighted by Gasteiger charge is 2.23. The smallest absolute Gasteiger partial charge is 0.00637 e. The molecule has 2 unspecified atom stereocenters. The maximum absolute atomic E-state index is 2.37. The van der Waals surface area contributed by atoms with Crippen LogP contribution in [0.15, 0.2) is 18.2 Å². The van der Waals surface area contributed by atoms with Crippen molar-refractivity contribution in [2.45, 2.75) is 39.2 Å². The number of benzene rings is 1. The molecule has 0 aromatic heterocycles. The van der Waals surface area contributed by atoms with E-state index in [4.69, 9.17) is 0 Å². The lowest BCUT2D eigenvalue weighted by molar-refractivity contribution is 0.264. The van der Waals surface area contributed by atoms with Gasteiger partial charge in [0.05, 0.1) is 0 Å². The number of rotatable bonds is 3. The van der Waals surface area contributed by atoms with Crippen LogP contribution < -0.4 is 0 Å². The zero-order chi connectivity index (χ0) is 11.7. The van der Waals surface area contributed by atoms with Gasteiger partial charge in [0.2, 0.25) is 0 Å². The Kier molecular flexibility index (Phi) is 3.34. The second-order valence-electron chi connectivity index (χ2n) is 5.59. The molecule has 88 valence electrons.